The van der Waals surface area contributed by atoms with Crippen molar-refractivity contribution in [3.63, 3.8) is 0 Å². The summed E-state index contributed by atoms with van der Waals surface area (Å²) in [5, 5.41) is 0. The van der Waals surface area contributed by atoms with Gasteiger partial charge in [-0.2, -0.15) is 0 Å². The van der Waals surface area contributed by atoms with Crippen LogP contribution in [0.25, 0.3) is 0 Å². The van der Waals surface area contributed by atoms with Crippen LogP contribution < -0.4 is 0 Å². The van der Waals surface area contributed by atoms with Crippen molar-refractivity contribution in [3.8, 4) is 0 Å². The van der Waals surface area contributed by atoms with Gasteiger partial charge in [0.05, 0.1) is 0 Å². The third-order valence-corrected chi connectivity index (χ3v) is 0. The molecule has 0 rings (SSSR count). The van der Waals surface area contributed by atoms with Crippen molar-refractivity contribution in [2.75, 3.05) is 0 Å². The quantitative estimate of drug-likeness (QED) is 0.583. The van der Waals surface area contributed by atoms with Crippen LogP contribution >= 0.6 is 0 Å². The molecule has 0 aromatic rings. The summed E-state index contributed by atoms with van der Waals surface area (Å²) in [5.74, 6) is 0. The molecule has 0 saturated heterocycles. The Labute approximate surface area is 63.7 Å². The summed E-state index contributed by atoms with van der Waals surface area (Å²) >= 11 is -3.69. The fourth-order valence-electron chi connectivity index (χ4n) is 0. The van der Waals surface area contributed by atoms with Crippen LogP contribution in [0.1, 0.15) is 0 Å². The molecule has 3 nitrogen and oxygen atoms in total. The molecular weight excluding hydrogens is 264 g/mol. The van der Waals surface area contributed by atoms with Gasteiger partial charge in [0, 0.05) is 37.7 Å². The van der Waals surface area contributed by atoms with Crippen LogP contribution in [0.2, 0.25) is 0 Å². The van der Waals surface area contributed by atoms with Crippen LogP contribution in [0.15, 0.2) is 0 Å². The Balaban J connectivity index is 0. The summed E-state index contributed by atoms with van der Waals surface area (Å²) in [4.78, 5) is 0. The normalized spacial score (nSPS) is 5.00. The summed E-state index contributed by atoms with van der Waals surface area (Å²) < 4.78 is 24.4. The summed E-state index contributed by atoms with van der Waals surface area (Å²) in [6.07, 6.45) is 0. The maximum absolute atomic E-state index is 8.67. The van der Waals surface area contributed by atoms with Gasteiger partial charge in [-0.1, -0.05) is 0 Å². The van der Waals surface area contributed by atoms with Crippen LogP contribution in [0.3, 0.4) is 0 Å². The van der Waals surface area contributed by atoms with E-state index in [0.29, 0.717) is 0 Å². The maximum atomic E-state index is 8.67. The van der Waals surface area contributed by atoms with Gasteiger partial charge in [-0.15, -0.1) is 0 Å². The molecule has 0 heterocycles. The first kappa shape index (κ1) is 9.64. The van der Waals surface area contributed by atoms with Gasteiger partial charge in [0.1, 0.15) is 0 Å². The molecule has 0 bridgehead atoms. The average molecular weight is 265 g/mol. The van der Waals surface area contributed by atoms with Crippen LogP contribution in [-0.4, -0.2) is 4.03 Å². The molecule has 5 heavy (non-hydrogen) atoms. The second-order valence-corrected chi connectivity index (χ2v) is 0.981. The van der Waals surface area contributed by atoms with E-state index in [1.807, 2.05) is 0 Å². The second-order valence-electron chi connectivity index (χ2n) is 0.238. The fourth-order valence-corrected chi connectivity index (χ4v) is 0. The van der Waals surface area contributed by atoms with Gasteiger partial charge in [-0.05, 0) is 0 Å². The molecule has 0 spiro atoms. The topological polar surface area (TPSA) is 54.4 Å². The molecule has 1 N–H and O–H groups in total. The van der Waals surface area contributed by atoms with Gasteiger partial charge < -0.3 is 0 Å². The SMILES string of the molecule is [Ho].[O]=[V](=[O])[OH]. The van der Waals surface area contributed by atoms with E-state index in [1.54, 1.807) is 0 Å². The molecule has 0 unspecified atom stereocenters. The van der Waals surface area contributed by atoms with Crippen molar-refractivity contribution < 1.29 is 64.5 Å². The minimum absolute atomic E-state index is 0. The number of hydrogen-bond donors (Lipinski definition) is 1. The number of hydrogen-bond acceptors (Lipinski definition) is 2. The Kier molecular flexibility index (Phi) is 10.4. The van der Waals surface area contributed by atoms with E-state index in [4.69, 9.17) is 11.4 Å². The standard InChI is InChI=1S/Ho.H2O.2O.V/h;1H2;;;/q;;;;+1/p-1. The molecule has 35 valence electrons. The minimum atomic E-state index is -3.69. The molecule has 0 aromatic heterocycles. The molecule has 1 radical (unpaired) electrons. The zero-order chi connectivity index (χ0) is 3.58. The Morgan fingerprint density at radius 2 is 1.40 bits per heavy atom. The number of rotatable bonds is 0. The van der Waals surface area contributed by atoms with Crippen LogP contribution in [0.5, 0.6) is 0 Å². The molecule has 0 amide bonds. The van der Waals surface area contributed by atoms with Crippen molar-refractivity contribution in [2.24, 2.45) is 0 Å². The van der Waals surface area contributed by atoms with Gasteiger partial charge in [-0.3, -0.25) is 0 Å². The average Bonchev–Trinajstić information content (AvgIpc) is 0.811. The molecule has 0 saturated carbocycles. The Bertz CT molecular complexity index is 55.3. The predicted octanol–water partition coefficient (Wildman–Crippen LogP) is -0.797. The molecule has 5 heteroatoms. The monoisotopic (exact) mass is 265 g/mol. The van der Waals surface area contributed by atoms with E-state index < -0.39 is 15.4 Å². The van der Waals surface area contributed by atoms with Crippen LogP contribution in [-0.2, 0) is 22.7 Å². The van der Waals surface area contributed by atoms with Crippen molar-refractivity contribution in [2.45, 2.75) is 0 Å². The predicted molar refractivity (Wildman–Crippen MR) is 3.59 cm³/mol. The van der Waals surface area contributed by atoms with Crippen molar-refractivity contribution in [1.82, 2.24) is 0 Å². The van der Waals surface area contributed by atoms with Crippen LogP contribution in [0.4, 0.5) is 0 Å². The summed E-state index contributed by atoms with van der Waals surface area (Å²) in [5.41, 5.74) is 0. The second kappa shape index (κ2) is 5.40. The Morgan fingerprint density at radius 3 is 1.40 bits per heavy atom. The van der Waals surface area contributed by atoms with E-state index >= 15 is 0 Å². The van der Waals surface area contributed by atoms with E-state index in [1.165, 1.54) is 0 Å². The third-order valence-electron chi connectivity index (χ3n) is 0. The van der Waals surface area contributed by atoms with Crippen molar-refractivity contribution >= 4 is 0 Å². The van der Waals surface area contributed by atoms with E-state index in [0.717, 1.165) is 0 Å². The van der Waals surface area contributed by atoms with E-state index in [2.05, 4.69) is 0 Å². The van der Waals surface area contributed by atoms with E-state index in [9.17, 15) is 0 Å². The zero-order valence-electron chi connectivity index (χ0n) is 2.01. The van der Waals surface area contributed by atoms with Gasteiger partial charge in [0.15, 0.2) is 0 Å². The Hall–Kier alpha value is 1.40. The van der Waals surface area contributed by atoms with Gasteiger partial charge in [-0.25, -0.2) is 0 Å². The molecule has 0 aliphatic carbocycles. The molecule has 0 aromatic carbocycles. The fraction of sp³-hybridized carbons (Fsp3) is 0. The molecule has 0 aliphatic rings. The summed E-state index contributed by atoms with van der Waals surface area (Å²) in [6.45, 7) is 0. The third kappa shape index (κ3) is 31.8. The van der Waals surface area contributed by atoms with E-state index in [-0.39, 0.29) is 37.7 Å². The van der Waals surface area contributed by atoms with Crippen molar-refractivity contribution in [3.05, 3.63) is 0 Å². The molecule has 0 fully saturated rings. The molecular formula is HHoO3V. The summed E-state index contributed by atoms with van der Waals surface area (Å²) in [6, 6.07) is 0. The zero-order valence-corrected chi connectivity index (χ0v) is 5.34. The first-order valence-corrected chi connectivity index (χ1v) is 2.33. The Morgan fingerprint density at radius 1 is 1.40 bits per heavy atom. The van der Waals surface area contributed by atoms with Gasteiger partial charge in [0.2, 0.25) is 0 Å². The van der Waals surface area contributed by atoms with Gasteiger partial charge in [0.25, 0.3) is 0 Å². The molecule has 0 atom stereocenters. The first-order chi connectivity index (χ1) is 1.73. The molecule has 0 aliphatic heterocycles. The van der Waals surface area contributed by atoms with Gasteiger partial charge >= 0.3 is 26.8 Å². The summed E-state index contributed by atoms with van der Waals surface area (Å²) in [7, 11) is 0. The van der Waals surface area contributed by atoms with Crippen molar-refractivity contribution in [1.29, 1.82) is 0 Å². The van der Waals surface area contributed by atoms with Crippen LogP contribution in [0, 0.1) is 37.7 Å². The first-order valence-electron chi connectivity index (χ1n) is 0.565.